The van der Waals surface area contributed by atoms with E-state index in [1.54, 1.807) is 0 Å². The number of rotatable bonds is 3. The van der Waals surface area contributed by atoms with E-state index in [9.17, 15) is 14.0 Å². The maximum atomic E-state index is 13.9. The summed E-state index contributed by atoms with van der Waals surface area (Å²) in [4.78, 5) is 26.2. The number of benzene rings is 1. The number of nitrogen functional groups attached to an aromatic ring is 1. The fourth-order valence-corrected chi connectivity index (χ4v) is 1.79. The number of esters is 1. The van der Waals surface area contributed by atoms with Crippen molar-refractivity contribution in [2.24, 2.45) is 0 Å². The number of anilines is 1. The first-order valence-corrected chi connectivity index (χ1v) is 5.81. The van der Waals surface area contributed by atoms with Crippen LogP contribution in [0.4, 0.5) is 10.2 Å². The number of halogens is 1. The van der Waals surface area contributed by atoms with Gasteiger partial charge in [-0.15, -0.1) is 0 Å². The van der Waals surface area contributed by atoms with E-state index < -0.39 is 17.8 Å². The summed E-state index contributed by atoms with van der Waals surface area (Å²) in [6.07, 6.45) is 1.24. The van der Waals surface area contributed by atoms with E-state index in [0.717, 1.165) is 6.07 Å². The van der Waals surface area contributed by atoms with Gasteiger partial charge in [-0.25, -0.2) is 19.0 Å². The van der Waals surface area contributed by atoms with Gasteiger partial charge in [0.05, 0.1) is 12.7 Å². The maximum Gasteiger partial charge on any atom is 0.339 e. The minimum absolute atomic E-state index is 0.0351. The zero-order valence-electron chi connectivity index (χ0n) is 11.0. The number of carboxylic acid groups (broad SMARTS) is 1. The molecule has 0 fully saturated rings. The third kappa shape index (κ3) is 2.81. The van der Waals surface area contributed by atoms with Gasteiger partial charge in [0.25, 0.3) is 0 Å². The summed E-state index contributed by atoms with van der Waals surface area (Å²) in [6, 6.07) is 4.83. The van der Waals surface area contributed by atoms with Crippen molar-refractivity contribution in [1.82, 2.24) is 4.98 Å². The van der Waals surface area contributed by atoms with Crippen LogP contribution in [0.5, 0.6) is 0 Å². The molecule has 1 aromatic carbocycles. The number of hydrogen-bond acceptors (Lipinski definition) is 5. The molecule has 7 heteroatoms. The van der Waals surface area contributed by atoms with Crippen LogP contribution >= 0.6 is 0 Å². The fourth-order valence-electron chi connectivity index (χ4n) is 1.79. The molecule has 0 unspecified atom stereocenters. The van der Waals surface area contributed by atoms with Crippen LogP contribution in [0.3, 0.4) is 0 Å². The number of pyridine rings is 1. The lowest BCUT2D eigenvalue weighted by molar-refractivity contribution is 0.0599. The Labute approximate surface area is 119 Å². The summed E-state index contributed by atoms with van der Waals surface area (Å²) >= 11 is 0. The number of carbonyl (C=O) groups excluding carboxylic acids is 1. The number of ether oxygens (including phenoxy) is 1. The molecule has 2 rings (SSSR count). The van der Waals surface area contributed by atoms with E-state index >= 15 is 0 Å². The predicted molar refractivity (Wildman–Crippen MR) is 72.3 cm³/mol. The molecule has 0 aliphatic carbocycles. The summed E-state index contributed by atoms with van der Waals surface area (Å²) in [5, 5.41) is 9.00. The zero-order chi connectivity index (χ0) is 15.6. The molecule has 6 nitrogen and oxygen atoms in total. The molecule has 21 heavy (non-hydrogen) atoms. The molecule has 0 radical (unpaired) electrons. The number of methoxy groups -OCH3 is 1. The van der Waals surface area contributed by atoms with Crippen molar-refractivity contribution in [3.05, 3.63) is 47.4 Å². The summed E-state index contributed by atoms with van der Waals surface area (Å²) in [5.41, 5.74) is 5.58. The molecule has 1 aromatic heterocycles. The lowest BCUT2D eigenvalue weighted by Gasteiger charge is -2.08. The van der Waals surface area contributed by atoms with E-state index in [0.29, 0.717) is 0 Å². The van der Waals surface area contributed by atoms with Crippen LogP contribution in [0.2, 0.25) is 0 Å². The number of nitrogens with zero attached hydrogens (tertiary/aromatic N) is 1. The smallest absolute Gasteiger partial charge is 0.339 e. The molecule has 0 amide bonds. The van der Waals surface area contributed by atoms with Gasteiger partial charge in [-0.2, -0.15) is 0 Å². The topological polar surface area (TPSA) is 103 Å². The summed E-state index contributed by atoms with van der Waals surface area (Å²) in [6.45, 7) is 0. The molecule has 3 N–H and O–H groups in total. The highest BCUT2D eigenvalue weighted by Crippen LogP contribution is 2.26. The van der Waals surface area contributed by atoms with Crippen LogP contribution in [0, 0.1) is 5.82 Å². The predicted octanol–water partition coefficient (Wildman–Crippen LogP) is 1.95. The van der Waals surface area contributed by atoms with Crippen molar-refractivity contribution in [2.45, 2.75) is 0 Å². The lowest BCUT2D eigenvalue weighted by atomic mass is 10.0. The van der Waals surface area contributed by atoms with Crippen molar-refractivity contribution in [1.29, 1.82) is 0 Å². The van der Waals surface area contributed by atoms with Crippen LogP contribution in [0.1, 0.15) is 20.7 Å². The Morgan fingerprint density at radius 1 is 1.33 bits per heavy atom. The van der Waals surface area contributed by atoms with E-state index in [1.165, 1.54) is 31.5 Å². The third-order valence-corrected chi connectivity index (χ3v) is 2.85. The van der Waals surface area contributed by atoms with Crippen molar-refractivity contribution in [3.8, 4) is 11.1 Å². The quantitative estimate of drug-likeness (QED) is 0.838. The van der Waals surface area contributed by atoms with E-state index in [4.69, 9.17) is 10.8 Å². The van der Waals surface area contributed by atoms with Crippen molar-refractivity contribution in [2.75, 3.05) is 12.8 Å². The second-order valence-electron chi connectivity index (χ2n) is 4.15. The van der Waals surface area contributed by atoms with E-state index in [2.05, 4.69) is 9.72 Å². The highest BCUT2D eigenvalue weighted by atomic mass is 19.1. The Bertz CT molecular complexity index is 731. The molecule has 0 aliphatic heterocycles. The number of nitrogens with two attached hydrogens (primary N) is 1. The standard InChI is InChI=1S/C14H11FN2O4/c1-21-14(20)7-2-3-11(15)9(4-7)8-5-10(13(18)19)12(16)17-6-8/h2-6H,1H3,(H2,16,17)(H,18,19). The molecule has 1 heterocycles. The Morgan fingerprint density at radius 2 is 2.05 bits per heavy atom. The molecule has 2 aromatic rings. The Kier molecular flexibility index (Phi) is 3.84. The number of aromatic carboxylic acids is 1. The van der Waals surface area contributed by atoms with Gasteiger partial charge in [-0.05, 0) is 24.3 Å². The largest absolute Gasteiger partial charge is 0.478 e. The Balaban J connectivity index is 2.58. The van der Waals surface area contributed by atoms with Gasteiger partial charge in [-0.3, -0.25) is 0 Å². The van der Waals surface area contributed by atoms with Gasteiger partial charge in [-0.1, -0.05) is 0 Å². The first-order chi connectivity index (χ1) is 9.93. The maximum absolute atomic E-state index is 13.9. The normalized spacial score (nSPS) is 10.2. The average molecular weight is 290 g/mol. The summed E-state index contributed by atoms with van der Waals surface area (Å²) in [7, 11) is 1.21. The monoisotopic (exact) mass is 290 g/mol. The van der Waals surface area contributed by atoms with Gasteiger partial charge >= 0.3 is 11.9 Å². The first-order valence-electron chi connectivity index (χ1n) is 5.81. The summed E-state index contributed by atoms with van der Waals surface area (Å²) < 4.78 is 18.5. The van der Waals surface area contributed by atoms with Gasteiger partial charge in [0.1, 0.15) is 17.2 Å². The SMILES string of the molecule is COC(=O)c1ccc(F)c(-c2cnc(N)c(C(=O)O)c2)c1. The molecular formula is C14H11FN2O4. The van der Waals surface area contributed by atoms with E-state index in [-0.39, 0.29) is 28.1 Å². The van der Waals surface area contributed by atoms with Crippen LogP contribution in [0.15, 0.2) is 30.5 Å². The number of carboxylic acids is 1. The second-order valence-corrected chi connectivity index (χ2v) is 4.15. The molecule has 0 saturated carbocycles. The lowest BCUT2D eigenvalue weighted by Crippen LogP contribution is -2.05. The molecule has 0 bridgehead atoms. The minimum atomic E-state index is -1.27. The molecule has 0 spiro atoms. The minimum Gasteiger partial charge on any atom is -0.478 e. The van der Waals surface area contributed by atoms with Crippen LogP contribution in [0.25, 0.3) is 11.1 Å². The average Bonchev–Trinajstić information content (AvgIpc) is 2.47. The molecule has 0 aliphatic rings. The van der Waals surface area contributed by atoms with Gasteiger partial charge in [0.2, 0.25) is 0 Å². The molecule has 108 valence electrons. The van der Waals surface area contributed by atoms with Crippen LogP contribution in [-0.2, 0) is 4.74 Å². The van der Waals surface area contributed by atoms with Crippen LogP contribution < -0.4 is 5.73 Å². The van der Waals surface area contributed by atoms with Crippen molar-refractivity contribution < 1.29 is 23.8 Å². The number of aromatic nitrogens is 1. The number of hydrogen-bond donors (Lipinski definition) is 2. The Hall–Kier alpha value is -2.96. The van der Waals surface area contributed by atoms with Crippen LogP contribution in [-0.4, -0.2) is 29.1 Å². The zero-order valence-corrected chi connectivity index (χ0v) is 11.0. The van der Waals surface area contributed by atoms with Gasteiger partial charge < -0.3 is 15.6 Å². The number of carbonyl (C=O) groups is 2. The molecule has 0 atom stereocenters. The van der Waals surface area contributed by atoms with Gasteiger partial charge in [0.15, 0.2) is 0 Å². The molecule has 0 saturated heterocycles. The van der Waals surface area contributed by atoms with Crippen molar-refractivity contribution in [3.63, 3.8) is 0 Å². The van der Waals surface area contributed by atoms with E-state index in [1.807, 2.05) is 0 Å². The summed E-state index contributed by atoms with van der Waals surface area (Å²) in [5.74, 6) is -2.69. The Morgan fingerprint density at radius 3 is 2.67 bits per heavy atom. The van der Waals surface area contributed by atoms with Crippen molar-refractivity contribution >= 4 is 17.8 Å². The second kappa shape index (κ2) is 5.58. The molecular weight excluding hydrogens is 279 g/mol. The highest BCUT2D eigenvalue weighted by Gasteiger charge is 2.15. The van der Waals surface area contributed by atoms with Gasteiger partial charge in [0, 0.05) is 17.3 Å². The fraction of sp³-hybridized carbons (Fsp3) is 0.0714. The first kappa shape index (κ1) is 14.4. The highest BCUT2D eigenvalue weighted by molar-refractivity contribution is 5.95. The third-order valence-electron chi connectivity index (χ3n) is 2.85.